The molecule has 0 aliphatic carbocycles. The van der Waals surface area contributed by atoms with Gasteiger partial charge < -0.3 is 4.90 Å². The number of carbonyl (C=O) groups excluding carboxylic acids is 1. The van der Waals surface area contributed by atoms with Crippen LogP contribution in [-0.2, 0) is 14.8 Å². The number of anilines is 1. The highest BCUT2D eigenvalue weighted by atomic mass is 32.2. The molecule has 0 fully saturated rings. The molecule has 8 heteroatoms. The maximum atomic E-state index is 14.0. The molecule has 1 amide bonds. The quantitative estimate of drug-likeness (QED) is 0.837. The molecule has 1 heterocycles. The van der Waals surface area contributed by atoms with Gasteiger partial charge in [0.1, 0.15) is 16.6 Å². The minimum atomic E-state index is -4.00. The summed E-state index contributed by atoms with van der Waals surface area (Å²) < 4.78 is 40.3. The van der Waals surface area contributed by atoms with Crippen LogP contribution >= 0.6 is 11.3 Å². The van der Waals surface area contributed by atoms with E-state index in [1.807, 2.05) is 0 Å². The van der Waals surface area contributed by atoms with E-state index in [9.17, 15) is 17.6 Å². The van der Waals surface area contributed by atoms with E-state index in [-0.39, 0.29) is 9.90 Å². The number of sulfonamides is 1. The Bertz CT molecular complexity index is 758. The Kier molecular flexibility index (Phi) is 4.82. The molecule has 0 atom stereocenters. The average molecular weight is 342 g/mol. The number of thiophene rings is 1. The molecule has 0 saturated heterocycles. The summed E-state index contributed by atoms with van der Waals surface area (Å²) in [5.41, 5.74) is -0.147. The summed E-state index contributed by atoms with van der Waals surface area (Å²) in [5, 5.41) is 1.61. The van der Waals surface area contributed by atoms with Crippen molar-refractivity contribution in [3.63, 3.8) is 0 Å². The van der Waals surface area contributed by atoms with E-state index in [0.717, 1.165) is 21.7 Å². The molecule has 0 N–H and O–H groups in total. The number of rotatable bonds is 5. The van der Waals surface area contributed by atoms with Gasteiger partial charge in [-0.15, -0.1) is 11.3 Å². The lowest BCUT2D eigenvalue weighted by molar-refractivity contribution is -0.127. The van der Waals surface area contributed by atoms with Crippen LogP contribution in [0.4, 0.5) is 10.1 Å². The molecular weight excluding hydrogens is 327 g/mol. The molecule has 0 spiro atoms. The SMILES string of the molecule is CN(C)C(=O)CN(c1ccccc1F)S(=O)(=O)c1cccs1. The summed E-state index contributed by atoms with van der Waals surface area (Å²) >= 11 is 1.02. The van der Waals surface area contributed by atoms with Crippen molar-refractivity contribution >= 4 is 33.0 Å². The van der Waals surface area contributed by atoms with Crippen molar-refractivity contribution in [1.82, 2.24) is 4.90 Å². The van der Waals surface area contributed by atoms with Crippen LogP contribution in [0.3, 0.4) is 0 Å². The number of halogens is 1. The normalized spacial score (nSPS) is 11.2. The Morgan fingerprint density at radius 3 is 2.41 bits per heavy atom. The van der Waals surface area contributed by atoms with Crippen LogP contribution in [-0.4, -0.2) is 39.9 Å². The summed E-state index contributed by atoms with van der Waals surface area (Å²) in [7, 11) is -0.970. The lowest BCUT2D eigenvalue weighted by atomic mass is 10.3. The second-order valence-corrected chi connectivity index (χ2v) is 7.72. The predicted molar refractivity (Wildman–Crippen MR) is 83.9 cm³/mol. The van der Waals surface area contributed by atoms with Gasteiger partial charge in [0.2, 0.25) is 5.91 Å². The third-order valence-corrected chi connectivity index (χ3v) is 6.07. The van der Waals surface area contributed by atoms with Crippen molar-refractivity contribution in [2.45, 2.75) is 4.21 Å². The molecule has 1 aromatic carbocycles. The van der Waals surface area contributed by atoms with Crippen molar-refractivity contribution in [2.24, 2.45) is 0 Å². The van der Waals surface area contributed by atoms with Gasteiger partial charge in [0.25, 0.3) is 10.0 Å². The molecule has 2 aromatic rings. The fourth-order valence-electron chi connectivity index (χ4n) is 1.74. The van der Waals surface area contributed by atoms with E-state index < -0.39 is 28.3 Å². The number of amides is 1. The molecule has 1 aromatic heterocycles. The van der Waals surface area contributed by atoms with Gasteiger partial charge in [-0.05, 0) is 23.6 Å². The Morgan fingerprint density at radius 2 is 1.86 bits per heavy atom. The maximum absolute atomic E-state index is 14.0. The molecule has 0 aliphatic heterocycles. The van der Waals surface area contributed by atoms with E-state index in [1.54, 1.807) is 11.4 Å². The highest BCUT2D eigenvalue weighted by Crippen LogP contribution is 2.28. The molecule has 0 unspecified atom stereocenters. The zero-order chi connectivity index (χ0) is 16.3. The zero-order valence-corrected chi connectivity index (χ0v) is 13.7. The van der Waals surface area contributed by atoms with Gasteiger partial charge in [-0.2, -0.15) is 0 Å². The number of hydrogen-bond donors (Lipinski definition) is 0. The second kappa shape index (κ2) is 6.45. The molecule has 0 radical (unpaired) electrons. The summed E-state index contributed by atoms with van der Waals surface area (Å²) in [6.07, 6.45) is 0. The van der Waals surface area contributed by atoms with Crippen LogP contribution in [0.5, 0.6) is 0 Å². The van der Waals surface area contributed by atoms with Gasteiger partial charge in [-0.1, -0.05) is 18.2 Å². The van der Waals surface area contributed by atoms with Gasteiger partial charge in [0.05, 0.1) is 5.69 Å². The first-order valence-corrected chi connectivity index (χ1v) is 8.67. The monoisotopic (exact) mass is 342 g/mol. The Labute approximate surface area is 132 Å². The molecule has 118 valence electrons. The van der Waals surface area contributed by atoms with Gasteiger partial charge >= 0.3 is 0 Å². The van der Waals surface area contributed by atoms with Crippen LogP contribution in [0.25, 0.3) is 0 Å². The zero-order valence-electron chi connectivity index (χ0n) is 12.1. The van der Waals surface area contributed by atoms with Crippen LogP contribution in [0.2, 0.25) is 0 Å². The third kappa shape index (κ3) is 3.28. The molecular formula is C14H15FN2O3S2. The Balaban J connectivity index is 2.52. The minimum Gasteiger partial charge on any atom is -0.347 e. The summed E-state index contributed by atoms with van der Waals surface area (Å²) in [4.78, 5) is 13.2. The Morgan fingerprint density at radius 1 is 1.18 bits per heavy atom. The molecule has 22 heavy (non-hydrogen) atoms. The predicted octanol–water partition coefficient (Wildman–Crippen LogP) is 2.17. The van der Waals surface area contributed by atoms with E-state index in [2.05, 4.69) is 0 Å². The van der Waals surface area contributed by atoms with Crippen LogP contribution in [0.15, 0.2) is 46.0 Å². The molecule has 0 bridgehead atoms. The average Bonchev–Trinajstić information content (AvgIpc) is 3.00. The van der Waals surface area contributed by atoms with E-state index in [1.165, 1.54) is 43.3 Å². The first-order chi connectivity index (χ1) is 10.3. The first-order valence-electron chi connectivity index (χ1n) is 6.35. The molecule has 5 nitrogen and oxygen atoms in total. The summed E-state index contributed by atoms with van der Waals surface area (Å²) in [5.74, 6) is -1.14. The fourth-order valence-corrected chi connectivity index (χ4v) is 4.26. The second-order valence-electron chi connectivity index (χ2n) is 4.68. The van der Waals surface area contributed by atoms with Gasteiger partial charge in [0, 0.05) is 14.1 Å². The van der Waals surface area contributed by atoms with Gasteiger partial charge in [0.15, 0.2) is 0 Å². The van der Waals surface area contributed by atoms with Gasteiger partial charge in [-0.25, -0.2) is 12.8 Å². The molecule has 2 rings (SSSR count). The topological polar surface area (TPSA) is 57.7 Å². The standard InChI is InChI=1S/C14H15FN2O3S2/c1-16(2)13(18)10-17(12-7-4-3-6-11(12)15)22(19,20)14-8-5-9-21-14/h3-9H,10H2,1-2H3. The number of likely N-dealkylation sites (N-methyl/N-ethyl adjacent to an activating group) is 1. The first kappa shape index (κ1) is 16.4. The van der Waals surface area contributed by atoms with E-state index in [0.29, 0.717) is 0 Å². The van der Waals surface area contributed by atoms with Gasteiger partial charge in [-0.3, -0.25) is 9.10 Å². The van der Waals surface area contributed by atoms with Crippen molar-refractivity contribution < 1.29 is 17.6 Å². The third-order valence-electron chi connectivity index (χ3n) is 2.94. The van der Waals surface area contributed by atoms with E-state index in [4.69, 9.17) is 0 Å². The van der Waals surface area contributed by atoms with Crippen molar-refractivity contribution in [3.05, 3.63) is 47.6 Å². The summed E-state index contributed by atoms with van der Waals surface area (Å²) in [6.45, 7) is -0.464. The lowest BCUT2D eigenvalue weighted by Crippen LogP contribution is -2.40. The number of benzene rings is 1. The molecule has 0 saturated carbocycles. The molecule has 0 aliphatic rings. The minimum absolute atomic E-state index is 0.0577. The lowest BCUT2D eigenvalue weighted by Gasteiger charge is -2.25. The summed E-state index contributed by atoms with van der Waals surface area (Å²) in [6, 6.07) is 8.49. The van der Waals surface area contributed by atoms with E-state index >= 15 is 0 Å². The number of nitrogens with zero attached hydrogens (tertiary/aromatic N) is 2. The highest BCUT2D eigenvalue weighted by Gasteiger charge is 2.30. The van der Waals surface area contributed by atoms with Crippen molar-refractivity contribution in [2.75, 3.05) is 24.9 Å². The van der Waals surface area contributed by atoms with Crippen LogP contribution < -0.4 is 4.31 Å². The van der Waals surface area contributed by atoms with Crippen LogP contribution in [0, 0.1) is 5.82 Å². The largest absolute Gasteiger partial charge is 0.347 e. The Hall–Kier alpha value is -1.93. The fraction of sp³-hybridized carbons (Fsp3) is 0.214. The number of carbonyl (C=O) groups is 1. The number of hydrogen-bond acceptors (Lipinski definition) is 4. The smallest absolute Gasteiger partial charge is 0.274 e. The van der Waals surface area contributed by atoms with Crippen molar-refractivity contribution in [1.29, 1.82) is 0 Å². The number of para-hydroxylation sites is 1. The van der Waals surface area contributed by atoms with Crippen molar-refractivity contribution in [3.8, 4) is 0 Å². The highest BCUT2D eigenvalue weighted by molar-refractivity contribution is 7.94. The van der Waals surface area contributed by atoms with Crippen LogP contribution in [0.1, 0.15) is 0 Å². The maximum Gasteiger partial charge on any atom is 0.274 e.